The van der Waals surface area contributed by atoms with E-state index < -0.39 is 17.9 Å². The summed E-state index contributed by atoms with van der Waals surface area (Å²) in [7, 11) is 0. The van der Waals surface area contributed by atoms with E-state index >= 15 is 0 Å². The number of aromatic nitrogens is 1. The van der Waals surface area contributed by atoms with Gasteiger partial charge in [-0.1, -0.05) is 12.1 Å². The van der Waals surface area contributed by atoms with Gasteiger partial charge in [0.05, 0.1) is 18.2 Å². The van der Waals surface area contributed by atoms with Gasteiger partial charge in [0.25, 0.3) is 0 Å². The van der Waals surface area contributed by atoms with Crippen LogP contribution < -0.4 is 10.6 Å². The van der Waals surface area contributed by atoms with Crippen LogP contribution in [-0.2, 0) is 11.3 Å². The molecular formula is C11H17N3O4. The maximum Gasteiger partial charge on any atom is 0.315 e. The number of carbonyl (C=O) groups is 2. The fourth-order valence-electron chi connectivity index (χ4n) is 1.35. The van der Waals surface area contributed by atoms with Crippen molar-refractivity contribution in [3.63, 3.8) is 0 Å². The molecule has 1 aromatic heterocycles. The predicted octanol–water partition coefficient (Wildman–Crippen LogP) is 0.893. The Bertz CT molecular complexity index is 416. The summed E-state index contributed by atoms with van der Waals surface area (Å²) in [6.45, 7) is 3.87. The number of nitrogens with one attached hydrogen (secondary N) is 2. The van der Waals surface area contributed by atoms with Crippen LogP contribution >= 0.6 is 0 Å². The van der Waals surface area contributed by atoms with E-state index in [4.69, 9.17) is 9.63 Å². The Kier molecular flexibility index (Phi) is 5.16. The quantitative estimate of drug-likeness (QED) is 0.700. The zero-order valence-corrected chi connectivity index (χ0v) is 10.4. The fraction of sp³-hybridized carbons (Fsp3) is 0.545. The summed E-state index contributed by atoms with van der Waals surface area (Å²) in [5.74, 6) is -0.931. The molecule has 0 aromatic carbocycles. The second kappa shape index (κ2) is 6.63. The van der Waals surface area contributed by atoms with Gasteiger partial charge >= 0.3 is 12.0 Å². The van der Waals surface area contributed by atoms with Crippen molar-refractivity contribution < 1.29 is 19.2 Å². The van der Waals surface area contributed by atoms with E-state index in [9.17, 15) is 9.59 Å². The van der Waals surface area contributed by atoms with Crippen molar-refractivity contribution in [3.8, 4) is 0 Å². The number of hydrogen-bond acceptors (Lipinski definition) is 4. The molecule has 1 rings (SSSR count). The molecule has 1 aromatic rings. The summed E-state index contributed by atoms with van der Waals surface area (Å²) in [6, 6.07) is 1.29. The SMILES string of the molecule is CCC(CNC(=O)NCc1cc(C)no1)C(=O)O. The van der Waals surface area contributed by atoms with E-state index in [-0.39, 0.29) is 13.1 Å². The van der Waals surface area contributed by atoms with Crippen molar-refractivity contribution in [2.24, 2.45) is 5.92 Å². The number of hydrogen-bond donors (Lipinski definition) is 3. The molecule has 0 saturated heterocycles. The molecule has 100 valence electrons. The molecular weight excluding hydrogens is 238 g/mol. The van der Waals surface area contributed by atoms with Crippen LogP contribution in [-0.4, -0.2) is 28.8 Å². The second-order valence-electron chi connectivity index (χ2n) is 3.94. The van der Waals surface area contributed by atoms with Crippen LogP contribution in [0.3, 0.4) is 0 Å². The molecule has 0 aliphatic carbocycles. The molecule has 1 heterocycles. The van der Waals surface area contributed by atoms with Crippen LogP contribution in [0.25, 0.3) is 0 Å². The van der Waals surface area contributed by atoms with E-state index in [1.165, 1.54) is 0 Å². The Labute approximate surface area is 105 Å². The van der Waals surface area contributed by atoms with Crippen molar-refractivity contribution in [1.82, 2.24) is 15.8 Å². The van der Waals surface area contributed by atoms with Crippen molar-refractivity contribution in [2.75, 3.05) is 6.54 Å². The standard InChI is InChI=1S/C11H17N3O4/c1-3-8(10(15)16)5-12-11(17)13-6-9-4-7(2)14-18-9/h4,8H,3,5-6H2,1-2H3,(H,15,16)(H2,12,13,17). The minimum atomic E-state index is -0.913. The molecule has 0 bridgehead atoms. The minimum absolute atomic E-state index is 0.104. The van der Waals surface area contributed by atoms with Crippen molar-refractivity contribution in [1.29, 1.82) is 0 Å². The van der Waals surface area contributed by atoms with Gasteiger partial charge in [-0.15, -0.1) is 0 Å². The number of carboxylic acids is 1. The Hall–Kier alpha value is -2.05. The van der Waals surface area contributed by atoms with Crippen LogP contribution in [0.5, 0.6) is 0 Å². The Morgan fingerprint density at radius 2 is 2.22 bits per heavy atom. The Morgan fingerprint density at radius 1 is 1.50 bits per heavy atom. The molecule has 2 amide bonds. The third-order valence-corrected chi connectivity index (χ3v) is 2.45. The maximum absolute atomic E-state index is 11.4. The van der Waals surface area contributed by atoms with E-state index in [2.05, 4.69) is 15.8 Å². The topological polar surface area (TPSA) is 104 Å². The number of nitrogens with zero attached hydrogens (tertiary/aromatic N) is 1. The lowest BCUT2D eigenvalue weighted by Crippen LogP contribution is -2.39. The van der Waals surface area contributed by atoms with Crippen molar-refractivity contribution >= 4 is 12.0 Å². The highest BCUT2D eigenvalue weighted by Crippen LogP contribution is 2.02. The number of carbonyl (C=O) groups excluding carboxylic acids is 1. The van der Waals surface area contributed by atoms with Crippen LogP contribution in [0, 0.1) is 12.8 Å². The summed E-state index contributed by atoms with van der Waals surface area (Å²) in [4.78, 5) is 22.1. The average molecular weight is 255 g/mol. The molecule has 0 spiro atoms. The second-order valence-corrected chi connectivity index (χ2v) is 3.94. The van der Waals surface area contributed by atoms with Gasteiger partial charge in [0.2, 0.25) is 0 Å². The first-order valence-electron chi connectivity index (χ1n) is 5.69. The monoisotopic (exact) mass is 255 g/mol. The highest BCUT2D eigenvalue weighted by atomic mass is 16.5. The van der Waals surface area contributed by atoms with Gasteiger partial charge in [0.1, 0.15) is 0 Å². The molecule has 0 aliphatic heterocycles. The molecule has 3 N–H and O–H groups in total. The van der Waals surface area contributed by atoms with Gasteiger partial charge in [-0.3, -0.25) is 4.79 Å². The zero-order valence-electron chi connectivity index (χ0n) is 10.4. The van der Waals surface area contributed by atoms with Gasteiger partial charge in [-0.05, 0) is 13.3 Å². The maximum atomic E-state index is 11.4. The highest BCUT2D eigenvalue weighted by molar-refractivity contribution is 5.75. The van der Waals surface area contributed by atoms with E-state index in [1.54, 1.807) is 19.9 Å². The van der Waals surface area contributed by atoms with Crippen molar-refractivity contribution in [2.45, 2.75) is 26.8 Å². The number of aryl methyl sites for hydroxylation is 1. The lowest BCUT2D eigenvalue weighted by atomic mass is 10.1. The number of carboxylic acid groups (broad SMARTS) is 1. The van der Waals surface area contributed by atoms with Crippen LogP contribution in [0.15, 0.2) is 10.6 Å². The van der Waals surface area contributed by atoms with Gasteiger partial charge in [0, 0.05) is 12.6 Å². The van der Waals surface area contributed by atoms with Crippen molar-refractivity contribution in [3.05, 3.63) is 17.5 Å². The Balaban J connectivity index is 2.27. The lowest BCUT2D eigenvalue weighted by molar-refractivity contribution is -0.141. The summed E-state index contributed by atoms with van der Waals surface area (Å²) in [6.07, 6.45) is 0.469. The molecule has 7 heteroatoms. The number of aliphatic carboxylic acids is 1. The van der Waals surface area contributed by atoms with Gasteiger partial charge < -0.3 is 20.3 Å². The van der Waals surface area contributed by atoms with E-state index in [1.807, 2.05) is 0 Å². The summed E-state index contributed by atoms with van der Waals surface area (Å²) < 4.78 is 4.91. The zero-order chi connectivity index (χ0) is 13.5. The third kappa shape index (κ3) is 4.44. The van der Waals surface area contributed by atoms with E-state index in [0.717, 1.165) is 5.69 Å². The van der Waals surface area contributed by atoms with Gasteiger partial charge in [0.15, 0.2) is 5.76 Å². The number of rotatable bonds is 6. The smallest absolute Gasteiger partial charge is 0.315 e. The summed E-state index contributed by atoms with van der Waals surface area (Å²) >= 11 is 0. The molecule has 0 fully saturated rings. The summed E-state index contributed by atoms with van der Waals surface area (Å²) in [5, 5.41) is 17.5. The van der Waals surface area contributed by atoms with Crippen LogP contribution in [0.4, 0.5) is 4.79 Å². The fourth-order valence-corrected chi connectivity index (χ4v) is 1.35. The first kappa shape index (κ1) is 14.0. The number of urea groups is 1. The molecule has 18 heavy (non-hydrogen) atoms. The van der Waals surface area contributed by atoms with Gasteiger partial charge in [-0.25, -0.2) is 4.79 Å². The molecule has 7 nitrogen and oxygen atoms in total. The minimum Gasteiger partial charge on any atom is -0.481 e. The average Bonchev–Trinajstić information content (AvgIpc) is 2.73. The first-order chi connectivity index (χ1) is 8.52. The molecule has 0 radical (unpaired) electrons. The first-order valence-corrected chi connectivity index (χ1v) is 5.69. The lowest BCUT2D eigenvalue weighted by Gasteiger charge is -2.11. The normalized spacial score (nSPS) is 11.9. The van der Waals surface area contributed by atoms with Crippen LogP contribution in [0.1, 0.15) is 24.8 Å². The van der Waals surface area contributed by atoms with Gasteiger partial charge in [-0.2, -0.15) is 0 Å². The molecule has 1 unspecified atom stereocenters. The summed E-state index contributed by atoms with van der Waals surface area (Å²) in [5.41, 5.74) is 0.740. The van der Waals surface area contributed by atoms with E-state index in [0.29, 0.717) is 12.2 Å². The highest BCUT2D eigenvalue weighted by Gasteiger charge is 2.15. The number of amides is 2. The largest absolute Gasteiger partial charge is 0.481 e. The molecule has 0 saturated carbocycles. The third-order valence-electron chi connectivity index (χ3n) is 2.45. The predicted molar refractivity (Wildman–Crippen MR) is 62.9 cm³/mol. The van der Waals surface area contributed by atoms with Crippen LogP contribution in [0.2, 0.25) is 0 Å². The molecule has 1 atom stereocenters. The Morgan fingerprint density at radius 3 is 2.72 bits per heavy atom. The molecule has 0 aliphatic rings.